The molecule has 0 aromatic carbocycles. The van der Waals surface area contributed by atoms with Crippen LogP contribution in [0.2, 0.25) is 0 Å². The lowest BCUT2D eigenvalue weighted by atomic mass is 10.7. The maximum atomic E-state index is 5.29. The lowest BCUT2D eigenvalue weighted by Crippen LogP contribution is -1.79. The summed E-state index contributed by atoms with van der Waals surface area (Å²) in [4.78, 5) is 4.98. The monoisotopic (exact) mass is 229 g/mol. The molecule has 4 N–H and O–H groups in total. The number of hydrogen-bond donors (Lipinski definition) is 2. The Morgan fingerprint density at radius 2 is 1.79 bits per heavy atom. The van der Waals surface area contributed by atoms with Crippen LogP contribution in [0.1, 0.15) is 9.88 Å². The zero-order valence-electron chi connectivity index (χ0n) is 7.89. The van der Waals surface area contributed by atoms with E-state index in [4.69, 9.17) is 11.5 Å². The van der Waals surface area contributed by atoms with E-state index < -0.39 is 0 Å². The summed E-state index contributed by atoms with van der Waals surface area (Å²) in [7, 11) is 0. The van der Waals surface area contributed by atoms with Gasteiger partial charge in [-0.05, 0) is 13.8 Å². The molecule has 0 saturated heterocycles. The van der Waals surface area contributed by atoms with E-state index >= 15 is 0 Å². The molecule has 14 heavy (non-hydrogen) atoms. The Morgan fingerprint density at radius 1 is 1.07 bits per heavy atom. The summed E-state index contributed by atoms with van der Waals surface area (Å²) in [5, 5.41) is 9.33. The summed E-state index contributed by atoms with van der Waals surface area (Å²) < 4.78 is 0. The number of nitrogen functional groups attached to an aromatic ring is 2. The molecule has 76 valence electrons. The molecule has 7 heteroatoms. The van der Waals surface area contributed by atoms with Gasteiger partial charge in [0.2, 0.25) is 5.13 Å². The molecule has 2 aromatic rings. The minimum absolute atomic E-state index is 0.539. The normalized spacial score (nSPS) is 9.29. The number of rotatable bonds is 0. The van der Waals surface area contributed by atoms with Gasteiger partial charge in [-0.25, -0.2) is 4.98 Å². The Bertz CT molecular complexity index is 323. The van der Waals surface area contributed by atoms with Crippen LogP contribution < -0.4 is 11.5 Å². The molecule has 0 bridgehead atoms. The topological polar surface area (TPSA) is 90.7 Å². The summed E-state index contributed by atoms with van der Waals surface area (Å²) >= 11 is 2.91. The minimum atomic E-state index is 0.539. The van der Waals surface area contributed by atoms with Crippen molar-refractivity contribution in [3.05, 3.63) is 16.1 Å². The Kier molecular flexibility index (Phi) is 3.78. The van der Waals surface area contributed by atoms with Gasteiger partial charge in [0.05, 0.1) is 0 Å². The number of aryl methyl sites for hydroxylation is 2. The molecule has 0 aliphatic carbocycles. The van der Waals surface area contributed by atoms with Gasteiger partial charge in [0.25, 0.3) is 0 Å². The van der Waals surface area contributed by atoms with Gasteiger partial charge in [0.15, 0.2) is 5.13 Å². The average molecular weight is 229 g/mol. The molecule has 0 amide bonds. The highest BCUT2D eigenvalue weighted by Crippen LogP contribution is 2.11. The van der Waals surface area contributed by atoms with Crippen molar-refractivity contribution in [2.45, 2.75) is 13.8 Å². The van der Waals surface area contributed by atoms with Gasteiger partial charge >= 0.3 is 0 Å². The molecule has 2 aromatic heterocycles. The molecule has 0 saturated carbocycles. The van der Waals surface area contributed by atoms with Crippen LogP contribution in [0.3, 0.4) is 0 Å². The Hall–Kier alpha value is -1.21. The van der Waals surface area contributed by atoms with E-state index in [2.05, 4.69) is 15.2 Å². The van der Waals surface area contributed by atoms with Crippen LogP contribution in [0.25, 0.3) is 0 Å². The van der Waals surface area contributed by atoms with Gasteiger partial charge in [0, 0.05) is 11.1 Å². The predicted octanol–water partition coefficient (Wildman–Crippen LogP) is 1.46. The quantitative estimate of drug-likeness (QED) is 0.713. The van der Waals surface area contributed by atoms with E-state index in [-0.39, 0.29) is 0 Å². The molecule has 0 spiro atoms. The summed E-state index contributed by atoms with van der Waals surface area (Å²) in [6, 6.07) is 0. The average Bonchev–Trinajstić information content (AvgIpc) is 2.63. The molecule has 0 atom stereocenters. The first-order valence-electron chi connectivity index (χ1n) is 3.81. The molecule has 0 aliphatic heterocycles. The van der Waals surface area contributed by atoms with Crippen molar-refractivity contribution in [1.82, 2.24) is 15.2 Å². The lowest BCUT2D eigenvalue weighted by molar-refractivity contribution is 1.06. The number of nitrogens with zero attached hydrogens (tertiary/aromatic N) is 3. The second-order valence-electron chi connectivity index (χ2n) is 2.47. The van der Waals surface area contributed by atoms with E-state index in [1.165, 1.54) is 22.7 Å². The first-order chi connectivity index (χ1) is 6.58. The second kappa shape index (κ2) is 4.87. The van der Waals surface area contributed by atoms with Gasteiger partial charge in [-0.2, -0.15) is 0 Å². The molecule has 5 nitrogen and oxygen atoms in total. The largest absolute Gasteiger partial charge is 0.375 e. The molecular weight excluding hydrogens is 218 g/mol. The van der Waals surface area contributed by atoms with Crippen molar-refractivity contribution in [3.63, 3.8) is 0 Å². The maximum Gasteiger partial charge on any atom is 0.203 e. The van der Waals surface area contributed by atoms with E-state index in [0.29, 0.717) is 10.3 Å². The Morgan fingerprint density at radius 3 is 1.93 bits per heavy atom. The van der Waals surface area contributed by atoms with E-state index in [0.717, 1.165) is 9.88 Å². The van der Waals surface area contributed by atoms with Crippen molar-refractivity contribution in [1.29, 1.82) is 0 Å². The predicted molar refractivity (Wildman–Crippen MR) is 60.3 cm³/mol. The third kappa shape index (κ3) is 3.67. The van der Waals surface area contributed by atoms with Crippen molar-refractivity contribution >= 4 is 32.9 Å². The zero-order chi connectivity index (χ0) is 10.6. The van der Waals surface area contributed by atoms with Crippen LogP contribution in [-0.4, -0.2) is 15.2 Å². The number of thiazole rings is 1. The fourth-order valence-corrected chi connectivity index (χ4v) is 1.69. The first kappa shape index (κ1) is 10.9. The summed E-state index contributed by atoms with van der Waals surface area (Å²) in [5.74, 6) is 0. The van der Waals surface area contributed by atoms with Crippen molar-refractivity contribution in [2.24, 2.45) is 0 Å². The number of aromatic nitrogens is 3. The standard InChI is InChI=1S/C4H6N2S.C3H5N3S/c1-3-2-6-4(5)7-3;1-2-5-6-3(4)7-2/h2H,1H3,(H2,5,6);1H3,(H2,4,6). The summed E-state index contributed by atoms with van der Waals surface area (Å²) in [6.07, 6.45) is 1.76. The lowest BCUT2D eigenvalue weighted by Gasteiger charge is -1.70. The van der Waals surface area contributed by atoms with E-state index in [9.17, 15) is 0 Å². The SMILES string of the molecule is Cc1cnc(N)s1.Cc1nnc(N)s1. The third-order valence-corrected chi connectivity index (χ3v) is 2.59. The number of hydrogen-bond acceptors (Lipinski definition) is 7. The highest BCUT2D eigenvalue weighted by Gasteiger charge is 1.89. The molecule has 0 unspecified atom stereocenters. The van der Waals surface area contributed by atoms with Crippen molar-refractivity contribution < 1.29 is 0 Å². The van der Waals surface area contributed by atoms with Crippen LogP contribution >= 0.6 is 22.7 Å². The van der Waals surface area contributed by atoms with E-state index in [1.54, 1.807) is 6.20 Å². The van der Waals surface area contributed by atoms with Crippen LogP contribution in [-0.2, 0) is 0 Å². The highest BCUT2D eigenvalue weighted by molar-refractivity contribution is 7.15. The van der Waals surface area contributed by atoms with Gasteiger partial charge in [-0.3, -0.25) is 0 Å². The fraction of sp³-hybridized carbons (Fsp3) is 0.286. The third-order valence-electron chi connectivity index (χ3n) is 1.18. The fourth-order valence-electron chi connectivity index (χ4n) is 0.684. The van der Waals surface area contributed by atoms with Gasteiger partial charge < -0.3 is 11.5 Å². The minimum Gasteiger partial charge on any atom is -0.375 e. The Labute approximate surface area is 89.8 Å². The smallest absolute Gasteiger partial charge is 0.203 e. The van der Waals surface area contributed by atoms with Gasteiger partial charge in [-0.15, -0.1) is 21.5 Å². The zero-order valence-corrected chi connectivity index (χ0v) is 9.52. The number of anilines is 2. The van der Waals surface area contributed by atoms with Gasteiger partial charge in [-0.1, -0.05) is 11.3 Å². The molecule has 2 rings (SSSR count). The van der Waals surface area contributed by atoms with Gasteiger partial charge in [0.1, 0.15) is 5.01 Å². The first-order valence-corrected chi connectivity index (χ1v) is 5.44. The second-order valence-corrected chi connectivity index (χ2v) is 4.95. The Balaban J connectivity index is 0.000000140. The molecule has 0 aliphatic rings. The van der Waals surface area contributed by atoms with Crippen LogP contribution in [0.4, 0.5) is 10.3 Å². The molecule has 2 heterocycles. The highest BCUT2D eigenvalue weighted by atomic mass is 32.1. The van der Waals surface area contributed by atoms with Crippen LogP contribution in [0, 0.1) is 13.8 Å². The van der Waals surface area contributed by atoms with E-state index in [1.807, 2.05) is 13.8 Å². The van der Waals surface area contributed by atoms with Crippen molar-refractivity contribution in [2.75, 3.05) is 11.5 Å². The van der Waals surface area contributed by atoms with Crippen LogP contribution in [0.5, 0.6) is 0 Å². The molecule has 0 fully saturated rings. The van der Waals surface area contributed by atoms with Crippen molar-refractivity contribution in [3.8, 4) is 0 Å². The molecule has 0 radical (unpaired) electrons. The molecular formula is C7H11N5S2. The maximum absolute atomic E-state index is 5.29. The summed E-state index contributed by atoms with van der Waals surface area (Å²) in [5.41, 5.74) is 10.5. The summed E-state index contributed by atoms with van der Waals surface area (Å²) in [6.45, 7) is 3.85. The van der Waals surface area contributed by atoms with Crippen LogP contribution in [0.15, 0.2) is 6.20 Å². The number of nitrogens with two attached hydrogens (primary N) is 2.